The summed E-state index contributed by atoms with van der Waals surface area (Å²) in [7, 11) is 0. The van der Waals surface area contributed by atoms with E-state index < -0.39 is 0 Å². The summed E-state index contributed by atoms with van der Waals surface area (Å²) in [5.41, 5.74) is 0. The summed E-state index contributed by atoms with van der Waals surface area (Å²) in [5.74, 6) is 0. The van der Waals surface area contributed by atoms with Crippen LogP contribution in [-0.2, 0) is 0 Å². The third-order valence-electron chi connectivity index (χ3n) is 8.14. The van der Waals surface area contributed by atoms with Crippen LogP contribution in [0.15, 0.2) is 0 Å². The fraction of sp³-hybridized carbons (Fsp3) is 0.971. The van der Waals surface area contributed by atoms with Gasteiger partial charge in [0.05, 0.1) is 6.10 Å². The van der Waals surface area contributed by atoms with Crippen molar-refractivity contribution in [3.8, 4) is 0 Å². The molecule has 0 fully saturated rings. The first kappa shape index (κ1) is 36.0. The van der Waals surface area contributed by atoms with E-state index in [-0.39, 0.29) is 6.10 Å². The molecule has 1 unspecified atom stereocenters. The third-order valence-corrected chi connectivity index (χ3v) is 8.14. The lowest BCUT2D eigenvalue weighted by atomic mass is 10.0. The molecule has 0 aromatic carbocycles. The molecule has 0 aromatic heterocycles. The topological polar surface area (TPSA) is 20.2 Å². The number of aliphatic hydroxyl groups excluding tert-OH is 1. The van der Waals surface area contributed by atoms with Crippen LogP contribution in [0.1, 0.15) is 212 Å². The van der Waals surface area contributed by atoms with Gasteiger partial charge in [-0.3, -0.25) is 0 Å². The van der Waals surface area contributed by atoms with Crippen LogP contribution in [0.4, 0.5) is 0 Å². The van der Waals surface area contributed by atoms with Crippen molar-refractivity contribution >= 4 is 0 Å². The van der Waals surface area contributed by atoms with Crippen LogP contribution in [0.2, 0.25) is 0 Å². The molecule has 1 heteroatoms. The van der Waals surface area contributed by atoms with Crippen LogP contribution in [-0.4, -0.2) is 11.2 Å². The Kier molecular flexibility index (Phi) is 33.0. The zero-order valence-corrected chi connectivity index (χ0v) is 25.4. The Hall–Kier alpha value is -0.0400. The number of rotatable bonds is 32. The summed E-state index contributed by atoms with van der Waals surface area (Å²) < 4.78 is 0. The molecule has 0 aliphatic rings. The number of unbranched alkanes of at least 4 members (excludes halogenated alkanes) is 30. The first-order valence-electron chi connectivity index (χ1n) is 17.3. The SMILES string of the molecule is [CH2]C(O)CCCCCCCCCCCCCCCCCCCCCCCCCCCCCCCCC. The second-order valence-corrected chi connectivity index (χ2v) is 12.0. The van der Waals surface area contributed by atoms with Gasteiger partial charge in [-0.1, -0.05) is 206 Å². The maximum Gasteiger partial charge on any atom is 0.0541 e. The fourth-order valence-corrected chi connectivity index (χ4v) is 5.58. The van der Waals surface area contributed by atoms with E-state index in [0.29, 0.717) is 0 Å². The van der Waals surface area contributed by atoms with E-state index in [1.54, 1.807) is 0 Å². The smallest absolute Gasteiger partial charge is 0.0541 e. The minimum absolute atomic E-state index is 0.353. The molecule has 0 aliphatic heterocycles. The van der Waals surface area contributed by atoms with E-state index in [4.69, 9.17) is 5.11 Å². The summed E-state index contributed by atoms with van der Waals surface area (Å²) in [5, 5.41) is 9.15. The molecule has 0 aromatic rings. The average molecular weight is 508 g/mol. The largest absolute Gasteiger partial charge is 0.393 e. The zero-order valence-electron chi connectivity index (χ0n) is 25.4. The summed E-state index contributed by atoms with van der Waals surface area (Å²) >= 11 is 0. The average Bonchev–Trinajstić information content (AvgIpc) is 2.87. The van der Waals surface area contributed by atoms with E-state index in [2.05, 4.69) is 13.8 Å². The lowest BCUT2D eigenvalue weighted by Crippen LogP contribution is -1.98. The highest BCUT2D eigenvalue weighted by atomic mass is 16.3. The van der Waals surface area contributed by atoms with Crippen LogP contribution in [0, 0.1) is 6.92 Å². The Balaban J connectivity index is 3.01. The van der Waals surface area contributed by atoms with Gasteiger partial charge in [0.25, 0.3) is 0 Å². The van der Waals surface area contributed by atoms with Crippen LogP contribution >= 0.6 is 0 Å². The van der Waals surface area contributed by atoms with Crippen LogP contribution in [0.25, 0.3) is 0 Å². The van der Waals surface area contributed by atoms with Gasteiger partial charge in [-0.15, -0.1) is 0 Å². The molecule has 217 valence electrons. The summed E-state index contributed by atoms with van der Waals surface area (Å²) in [6.07, 6.45) is 45.2. The van der Waals surface area contributed by atoms with Crippen LogP contribution in [0.3, 0.4) is 0 Å². The molecule has 1 nitrogen and oxygen atoms in total. The first-order valence-corrected chi connectivity index (χ1v) is 17.3. The van der Waals surface area contributed by atoms with Crippen molar-refractivity contribution in [2.45, 2.75) is 218 Å². The van der Waals surface area contributed by atoms with Crippen molar-refractivity contribution in [3.05, 3.63) is 6.92 Å². The molecular weight excluding hydrogens is 436 g/mol. The van der Waals surface area contributed by atoms with Crippen LogP contribution < -0.4 is 0 Å². The Morgan fingerprint density at radius 3 is 0.667 bits per heavy atom. The van der Waals surface area contributed by atoms with Crippen LogP contribution in [0.5, 0.6) is 0 Å². The standard InChI is InChI=1S/C35H71O/c1-3-4-5-6-7-8-9-10-11-12-13-14-15-16-17-18-19-20-21-22-23-24-25-26-27-28-29-30-31-32-33-34-35(2)36/h35-36H,2-34H2,1H3. The normalized spacial score (nSPS) is 12.4. The predicted octanol–water partition coefficient (Wildman–Crippen LogP) is 12.7. The molecule has 1 atom stereocenters. The molecule has 0 amide bonds. The summed E-state index contributed by atoms with van der Waals surface area (Å²) in [6, 6.07) is 0. The van der Waals surface area contributed by atoms with Crippen molar-refractivity contribution in [1.82, 2.24) is 0 Å². The Morgan fingerprint density at radius 2 is 0.500 bits per heavy atom. The minimum Gasteiger partial charge on any atom is -0.393 e. The molecule has 1 radical (unpaired) electrons. The predicted molar refractivity (Wildman–Crippen MR) is 165 cm³/mol. The lowest BCUT2D eigenvalue weighted by Gasteiger charge is -2.05. The van der Waals surface area contributed by atoms with Crippen molar-refractivity contribution in [3.63, 3.8) is 0 Å². The maximum absolute atomic E-state index is 9.15. The number of hydrogen-bond donors (Lipinski definition) is 1. The molecule has 0 rings (SSSR count). The van der Waals surface area contributed by atoms with Gasteiger partial charge < -0.3 is 5.11 Å². The van der Waals surface area contributed by atoms with E-state index in [1.807, 2.05) is 0 Å². The van der Waals surface area contributed by atoms with E-state index in [0.717, 1.165) is 12.8 Å². The molecule has 0 bridgehead atoms. The molecular formula is C35H71O. The monoisotopic (exact) mass is 508 g/mol. The van der Waals surface area contributed by atoms with Gasteiger partial charge >= 0.3 is 0 Å². The molecule has 0 heterocycles. The van der Waals surface area contributed by atoms with Gasteiger partial charge in [-0.2, -0.15) is 0 Å². The Morgan fingerprint density at radius 1 is 0.333 bits per heavy atom. The maximum atomic E-state index is 9.15. The Labute approximate surface area is 230 Å². The van der Waals surface area contributed by atoms with Gasteiger partial charge in [-0.05, 0) is 13.3 Å². The second-order valence-electron chi connectivity index (χ2n) is 12.0. The van der Waals surface area contributed by atoms with Crippen molar-refractivity contribution in [1.29, 1.82) is 0 Å². The van der Waals surface area contributed by atoms with Gasteiger partial charge in [-0.25, -0.2) is 0 Å². The first-order chi connectivity index (χ1) is 17.8. The van der Waals surface area contributed by atoms with E-state index in [1.165, 1.54) is 193 Å². The zero-order chi connectivity index (χ0) is 26.2. The quantitative estimate of drug-likeness (QED) is 0.0897. The molecule has 36 heavy (non-hydrogen) atoms. The van der Waals surface area contributed by atoms with Crippen molar-refractivity contribution in [2.75, 3.05) is 0 Å². The summed E-state index contributed by atoms with van der Waals surface area (Å²) in [6.45, 7) is 5.94. The van der Waals surface area contributed by atoms with Crippen molar-refractivity contribution < 1.29 is 5.11 Å². The number of hydrogen-bond acceptors (Lipinski definition) is 1. The van der Waals surface area contributed by atoms with E-state index in [9.17, 15) is 0 Å². The second kappa shape index (κ2) is 33.0. The summed E-state index contributed by atoms with van der Waals surface area (Å²) in [4.78, 5) is 0. The molecule has 0 aliphatic carbocycles. The van der Waals surface area contributed by atoms with Gasteiger partial charge in [0.1, 0.15) is 0 Å². The fourth-order valence-electron chi connectivity index (χ4n) is 5.58. The van der Waals surface area contributed by atoms with Gasteiger partial charge in [0, 0.05) is 0 Å². The van der Waals surface area contributed by atoms with Gasteiger partial charge in [0.2, 0.25) is 0 Å². The molecule has 0 saturated heterocycles. The Bertz CT molecular complexity index is 364. The highest BCUT2D eigenvalue weighted by molar-refractivity contribution is 4.57. The highest BCUT2D eigenvalue weighted by Crippen LogP contribution is 2.16. The number of aliphatic hydroxyl groups is 1. The lowest BCUT2D eigenvalue weighted by molar-refractivity contribution is 0.205. The minimum atomic E-state index is -0.353. The highest BCUT2D eigenvalue weighted by Gasteiger charge is 1.98. The van der Waals surface area contributed by atoms with E-state index >= 15 is 0 Å². The molecule has 0 spiro atoms. The third kappa shape index (κ3) is 34.0. The molecule has 1 N–H and O–H groups in total. The van der Waals surface area contributed by atoms with Crippen molar-refractivity contribution in [2.24, 2.45) is 0 Å². The molecule has 0 saturated carbocycles. The van der Waals surface area contributed by atoms with Gasteiger partial charge in [0.15, 0.2) is 0 Å².